The van der Waals surface area contributed by atoms with E-state index < -0.39 is 0 Å². The average molecular weight is 205 g/mol. The van der Waals surface area contributed by atoms with E-state index >= 15 is 0 Å². The molecule has 0 amide bonds. The molecule has 3 heteroatoms. The lowest BCUT2D eigenvalue weighted by Gasteiger charge is -2.23. The number of rotatable bonds is 3. The predicted octanol–water partition coefficient (Wildman–Crippen LogP) is 1.80. The highest BCUT2D eigenvalue weighted by Crippen LogP contribution is 2.15. The summed E-state index contributed by atoms with van der Waals surface area (Å²) in [6, 6.07) is 2.05. The fraction of sp³-hybridized carbons (Fsp3) is 0.583. The van der Waals surface area contributed by atoms with Gasteiger partial charge in [0.15, 0.2) is 0 Å². The topological polar surface area (TPSA) is 37.0 Å². The molecule has 82 valence electrons. The summed E-state index contributed by atoms with van der Waals surface area (Å²) in [6.45, 7) is 5.49. The van der Waals surface area contributed by atoms with Crippen LogP contribution in [0.3, 0.4) is 0 Å². The Labute approximate surface area is 91.3 Å². The second-order valence-corrected chi connectivity index (χ2v) is 4.28. The minimum Gasteiger partial charge on any atom is -0.384 e. The van der Waals surface area contributed by atoms with Crippen molar-refractivity contribution in [2.24, 2.45) is 5.92 Å². The third-order valence-corrected chi connectivity index (χ3v) is 3.00. The van der Waals surface area contributed by atoms with E-state index in [1.165, 1.54) is 30.6 Å². The van der Waals surface area contributed by atoms with Crippen molar-refractivity contribution >= 4 is 5.69 Å². The van der Waals surface area contributed by atoms with Gasteiger partial charge in [0.25, 0.3) is 0 Å². The van der Waals surface area contributed by atoms with Gasteiger partial charge in [-0.15, -0.1) is 0 Å². The Kier molecular flexibility index (Phi) is 3.56. The van der Waals surface area contributed by atoms with Crippen LogP contribution in [0, 0.1) is 12.8 Å². The number of nitrogens with one attached hydrogen (secondary N) is 2. The van der Waals surface area contributed by atoms with Gasteiger partial charge in [-0.2, -0.15) is 0 Å². The molecule has 1 saturated heterocycles. The zero-order valence-corrected chi connectivity index (χ0v) is 9.29. The summed E-state index contributed by atoms with van der Waals surface area (Å²) in [5, 5.41) is 6.94. The van der Waals surface area contributed by atoms with Crippen LogP contribution in [0.25, 0.3) is 0 Å². The van der Waals surface area contributed by atoms with E-state index in [0.717, 1.165) is 19.0 Å². The zero-order valence-electron chi connectivity index (χ0n) is 9.29. The van der Waals surface area contributed by atoms with Crippen LogP contribution < -0.4 is 10.6 Å². The molecule has 1 unspecified atom stereocenters. The SMILES string of the molecule is Cc1cnccc1NCC1CCCNC1. The first kappa shape index (κ1) is 10.4. The number of piperidine rings is 1. The maximum atomic E-state index is 4.09. The quantitative estimate of drug-likeness (QED) is 0.790. The largest absolute Gasteiger partial charge is 0.384 e. The van der Waals surface area contributed by atoms with E-state index in [9.17, 15) is 0 Å². The molecule has 1 aromatic heterocycles. The van der Waals surface area contributed by atoms with Crippen LogP contribution in [-0.2, 0) is 0 Å². The molecule has 1 aromatic rings. The Morgan fingerprint density at radius 2 is 2.53 bits per heavy atom. The van der Waals surface area contributed by atoms with Crippen LogP contribution in [0.15, 0.2) is 18.5 Å². The fourth-order valence-electron chi connectivity index (χ4n) is 2.02. The van der Waals surface area contributed by atoms with Crippen molar-refractivity contribution in [2.45, 2.75) is 19.8 Å². The first-order valence-corrected chi connectivity index (χ1v) is 5.71. The van der Waals surface area contributed by atoms with Crippen LogP contribution >= 0.6 is 0 Å². The highest BCUT2D eigenvalue weighted by atomic mass is 14.9. The van der Waals surface area contributed by atoms with Crippen LogP contribution in [0.1, 0.15) is 18.4 Å². The van der Waals surface area contributed by atoms with Crippen LogP contribution in [0.4, 0.5) is 5.69 Å². The summed E-state index contributed by atoms with van der Waals surface area (Å²) in [4.78, 5) is 4.09. The number of hydrogen-bond donors (Lipinski definition) is 2. The Morgan fingerprint density at radius 3 is 3.27 bits per heavy atom. The Balaban J connectivity index is 1.84. The molecule has 1 atom stereocenters. The summed E-state index contributed by atoms with van der Waals surface area (Å²) in [5.41, 5.74) is 2.44. The van der Waals surface area contributed by atoms with Gasteiger partial charge in [0.1, 0.15) is 0 Å². The zero-order chi connectivity index (χ0) is 10.5. The summed E-state index contributed by atoms with van der Waals surface area (Å²) in [7, 11) is 0. The second kappa shape index (κ2) is 5.12. The standard InChI is InChI=1S/C12H19N3/c1-10-7-14-6-4-12(10)15-9-11-3-2-5-13-8-11/h4,6-7,11,13H,2-3,5,8-9H2,1H3,(H,14,15). The van der Waals surface area contributed by atoms with E-state index in [-0.39, 0.29) is 0 Å². The van der Waals surface area contributed by atoms with Crippen molar-refractivity contribution in [2.75, 3.05) is 25.0 Å². The van der Waals surface area contributed by atoms with Crippen molar-refractivity contribution in [1.82, 2.24) is 10.3 Å². The van der Waals surface area contributed by atoms with Gasteiger partial charge in [0.2, 0.25) is 0 Å². The van der Waals surface area contributed by atoms with Crippen molar-refractivity contribution in [3.63, 3.8) is 0 Å². The van der Waals surface area contributed by atoms with Crippen molar-refractivity contribution < 1.29 is 0 Å². The molecule has 15 heavy (non-hydrogen) atoms. The highest BCUT2D eigenvalue weighted by molar-refractivity contribution is 5.48. The van der Waals surface area contributed by atoms with E-state index in [4.69, 9.17) is 0 Å². The third-order valence-electron chi connectivity index (χ3n) is 3.00. The first-order valence-electron chi connectivity index (χ1n) is 5.71. The number of anilines is 1. The number of pyridine rings is 1. The molecule has 0 spiro atoms. The van der Waals surface area contributed by atoms with Gasteiger partial charge in [0.05, 0.1) is 0 Å². The molecule has 0 aliphatic carbocycles. The van der Waals surface area contributed by atoms with E-state index in [1.807, 2.05) is 18.5 Å². The van der Waals surface area contributed by atoms with E-state index in [0.29, 0.717) is 0 Å². The second-order valence-electron chi connectivity index (χ2n) is 4.28. The van der Waals surface area contributed by atoms with Crippen LogP contribution in [-0.4, -0.2) is 24.6 Å². The van der Waals surface area contributed by atoms with Crippen molar-refractivity contribution in [3.8, 4) is 0 Å². The molecule has 0 radical (unpaired) electrons. The monoisotopic (exact) mass is 205 g/mol. The summed E-state index contributed by atoms with van der Waals surface area (Å²) in [5.74, 6) is 0.770. The molecule has 0 aromatic carbocycles. The number of nitrogens with zero attached hydrogens (tertiary/aromatic N) is 1. The minimum absolute atomic E-state index is 0.770. The molecule has 1 aliphatic heterocycles. The molecule has 2 rings (SSSR count). The fourth-order valence-corrected chi connectivity index (χ4v) is 2.02. The highest BCUT2D eigenvalue weighted by Gasteiger charge is 2.12. The van der Waals surface area contributed by atoms with Gasteiger partial charge in [-0.25, -0.2) is 0 Å². The van der Waals surface area contributed by atoms with Gasteiger partial charge >= 0.3 is 0 Å². The van der Waals surface area contributed by atoms with Crippen LogP contribution in [0.5, 0.6) is 0 Å². The summed E-state index contributed by atoms with van der Waals surface area (Å²) in [6.07, 6.45) is 6.39. The minimum atomic E-state index is 0.770. The van der Waals surface area contributed by atoms with Crippen LogP contribution in [0.2, 0.25) is 0 Å². The number of aromatic nitrogens is 1. The van der Waals surface area contributed by atoms with Crippen molar-refractivity contribution in [1.29, 1.82) is 0 Å². The lowest BCUT2D eigenvalue weighted by Crippen LogP contribution is -2.33. The van der Waals surface area contributed by atoms with E-state index in [2.05, 4.69) is 22.5 Å². The van der Waals surface area contributed by atoms with E-state index in [1.54, 1.807) is 0 Å². The first-order chi connectivity index (χ1) is 7.36. The maximum absolute atomic E-state index is 4.09. The molecule has 2 N–H and O–H groups in total. The Bertz CT molecular complexity index is 305. The Morgan fingerprint density at radius 1 is 1.60 bits per heavy atom. The maximum Gasteiger partial charge on any atom is 0.0400 e. The number of aryl methyl sites for hydroxylation is 1. The molecule has 0 saturated carbocycles. The predicted molar refractivity (Wildman–Crippen MR) is 63.1 cm³/mol. The molecule has 3 nitrogen and oxygen atoms in total. The lowest BCUT2D eigenvalue weighted by molar-refractivity contribution is 0.393. The smallest absolute Gasteiger partial charge is 0.0400 e. The average Bonchev–Trinajstić information content (AvgIpc) is 2.29. The molecule has 1 aliphatic rings. The normalized spacial score (nSPS) is 21.3. The molecular weight excluding hydrogens is 186 g/mol. The number of hydrogen-bond acceptors (Lipinski definition) is 3. The molecule has 1 fully saturated rings. The Hall–Kier alpha value is -1.09. The summed E-state index contributed by atoms with van der Waals surface area (Å²) >= 11 is 0. The molecular formula is C12H19N3. The van der Waals surface area contributed by atoms with Gasteiger partial charge in [0, 0.05) is 24.6 Å². The third kappa shape index (κ3) is 2.93. The summed E-state index contributed by atoms with van der Waals surface area (Å²) < 4.78 is 0. The van der Waals surface area contributed by atoms with Crippen molar-refractivity contribution in [3.05, 3.63) is 24.0 Å². The lowest BCUT2D eigenvalue weighted by atomic mass is 9.99. The van der Waals surface area contributed by atoms with Gasteiger partial charge < -0.3 is 10.6 Å². The van der Waals surface area contributed by atoms with Gasteiger partial charge in [-0.1, -0.05) is 0 Å². The van der Waals surface area contributed by atoms with Gasteiger partial charge in [-0.05, 0) is 50.4 Å². The molecule has 0 bridgehead atoms. The van der Waals surface area contributed by atoms with Gasteiger partial charge in [-0.3, -0.25) is 4.98 Å². The molecule has 2 heterocycles.